The van der Waals surface area contributed by atoms with E-state index in [1.165, 1.54) is 0 Å². The molecule has 1 N–H and O–H groups in total. The van der Waals surface area contributed by atoms with Gasteiger partial charge in [-0.2, -0.15) is 5.10 Å². The third kappa shape index (κ3) is 2.89. The number of rotatable bonds is 5. The Labute approximate surface area is 115 Å². The molecule has 7 nitrogen and oxygen atoms in total. The van der Waals surface area contributed by atoms with Gasteiger partial charge in [-0.3, -0.25) is 4.68 Å². The van der Waals surface area contributed by atoms with Gasteiger partial charge < -0.3 is 9.73 Å². The second-order valence-corrected chi connectivity index (χ2v) is 4.30. The molecular weight excluding hydrogens is 256 g/mol. The first-order valence-electron chi connectivity index (χ1n) is 6.24. The molecule has 7 heteroatoms. The molecule has 1 aromatic carbocycles. The highest BCUT2D eigenvalue weighted by Gasteiger charge is 2.08. The van der Waals surface area contributed by atoms with Gasteiger partial charge in [0.25, 0.3) is 0 Å². The lowest BCUT2D eigenvalue weighted by atomic mass is 10.2. The number of hydrogen-bond donors (Lipinski definition) is 1. The molecule has 0 bridgehead atoms. The fourth-order valence-corrected chi connectivity index (χ4v) is 1.77. The van der Waals surface area contributed by atoms with E-state index in [0.29, 0.717) is 24.9 Å². The summed E-state index contributed by atoms with van der Waals surface area (Å²) in [7, 11) is 1.83. The molecule has 20 heavy (non-hydrogen) atoms. The maximum atomic E-state index is 5.58. The first-order chi connectivity index (χ1) is 9.81. The van der Waals surface area contributed by atoms with E-state index in [0.717, 1.165) is 11.4 Å². The maximum Gasteiger partial charge on any atom is 0.247 e. The van der Waals surface area contributed by atoms with Crippen LogP contribution in [0.25, 0.3) is 11.5 Å². The SMILES string of the molecule is Cn1cnc(CNCc2nnc(-c3ccccc3)o2)n1. The van der Waals surface area contributed by atoms with Crippen molar-refractivity contribution in [1.29, 1.82) is 0 Å². The largest absolute Gasteiger partial charge is 0.419 e. The second kappa shape index (κ2) is 5.62. The molecule has 2 heterocycles. The normalized spacial score (nSPS) is 10.8. The highest BCUT2D eigenvalue weighted by molar-refractivity contribution is 5.51. The summed E-state index contributed by atoms with van der Waals surface area (Å²) in [4.78, 5) is 4.12. The van der Waals surface area contributed by atoms with Crippen LogP contribution in [0.1, 0.15) is 11.7 Å². The molecule has 2 aromatic heterocycles. The first kappa shape index (κ1) is 12.5. The fraction of sp³-hybridized carbons (Fsp3) is 0.231. The lowest BCUT2D eigenvalue weighted by Crippen LogP contribution is -2.14. The molecule has 0 aliphatic carbocycles. The smallest absolute Gasteiger partial charge is 0.247 e. The summed E-state index contributed by atoms with van der Waals surface area (Å²) in [5.41, 5.74) is 0.914. The number of nitrogens with zero attached hydrogens (tertiary/aromatic N) is 5. The lowest BCUT2D eigenvalue weighted by Gasteiger charge is -1.97. The van der Waals surface area contributed by atoms with Crippen LogP contribution < -0.4 is 5.32 Å². The van der Waals surface area contributed by atoms with E-state index >= 15 is 0 Å². The van der Waals surface area contributed by atoms with E-state index in [1.807, 2.05) is 37.4 Å². The van der Waals surface area contributed by atoms with Gasteiger partial charge in [0.1, 0.15) is 6.33 Å². The van der Waals surface area contributed by atoms with Crippen molar-refractivity contribution in [3.8, 4) is 11.5 Å². The summed E-state index contributed by atoms with van der Waals surface area (Å²) < 4.78 is 7.25. The van der Waals surface area contributed by atoms with Crippen LogP contribution in [0.4, 0.5) is 0 Å². The average Bonchev–Trinajstić information content (AvgIpc) is 3.09. The molecule has 0 atom stereocenters. The summed E-state index contributed by atoms with van der Waals surface area (Å²) in [6, 6.07) is 9.68. The molecule has 3 aromatic rings. The molecule has 102 valence electrons. The maximum absolute atomic E-state index is 5.58. The Morgan fingerprint density at radius 1 is 1.15 bits per heavy atom. The fourth-order valence-electron chi connectivity index (χ4n) is 1.77. The minimum absolute atomic E-state index is 0.484. The molecule has 0 aliphatic heterocycles. The first-order valence-corrected chi connectivity index (χ1v) is 6.24. The van der Waals surface area contributed by atoms with Crippen LogP contribution in [0.15, 0.2) is 41.1 Å². The van der Waals surface area contributed by atoms with E-state index in [2.05, 4.69) is 25.6 Å². The summed E-state index contributed by atoms with van der Waals surface area (Å²) in [5, 5.41) is 15.4. The number of hydrogen-bond acceptors (Lipinski definition) is 6. The van der Waals surface area contributed by atoms with Crippen LogP contribution in [-0.2, 0) is 20.1 Å². The van der Waals surface area contributed by atoms with Gasteiger partial charge in [0.2, 0.25) is 11.8 Å². The minimum Gasteiger partial charge on any atom is -0.419 e. The zero-order chi connectivity index (χ0) is 13.8. The third-order valence-electron chi connectivity index (χ3n) is 2.69. The van der Waals surface area contributed by atoms with Gasteiger partial charge in [-0.15, -0.1) is 10.2 Å². The number of nitrogens with one attached hydrogen (secondary N) is 1. The molecule has 0 saturated carbocycles. The van der Waals surface area contributed by atoms with Gasteiger partial charge in [0, 0.05) is 12.6 Å². The van der Waals surface area contributed by atoms with Crippen molar-refractivity contribution in [2.24, 2.45) is 7.05 Å². The van der Waals surface area contributed by atoms with Crippen molar-refractivity contribution in [1.82, 2.24) is 30.3 Å². The molecule has 0 fully saturated rings. The molecule has 0 amide bonds. The highest BCUT2D eigenvalue weighted by Crippen LogP contribution is 2.16. The summed E-state index contributed by atoms with van der Waals surface area (Å²) >= 11 is 0. The van der Waals surface area contributed by atoms with Gasteiger partial charge in [-0.1, -0.05) is 18.2 Å². The lowest BCUT2D eigenvalue weighted by molar-refractivity contribution is 0.474. The van der Waals surface area contributed by atoms with Gasteiger partial charge >= 0.3 is 0 Å². The number of benzene rings is 1. The Kier molecular flexibility index (Phi) is 3.51. The van der Waals surface area contributed by atoms with Crippen LogP contribution in [0.2, 0.25) is 0 Å². The zero-order valence-corrected chi connectivity index (χ0v) is 11.0. The molecule has 0 aliphatic rings. The van der Waals surface area contributed by atoms with E-state index < -0.39 is 0 Å². The third-order valence-corrected chi connectivity index (χ3v) is 2.69. The highest BCUT2D eigenvalue weighted by atomic mass is 16.4. The van der Waals surface area contributed by atoms with E-state index in [1.54, 1.807) is 11.0 Å². The second-order valence-electron chi connectivity index (χ2n) is 4.30. The quantitative estimate of drug-likeness (QED) is 0.749. The Morgan fingerprint density at radius 2 is 2.00 bits per heavy atom. The summed E-state index contributed by atoms with van der Waals surface area (Å²) in [5.74, 6) is 1.80. The van der Waals surface area contributed by atoms with Gasteiger partial charge in [0.05, 0.1) is 13.1 Å². The molecule has 0 spiro atoms. The predicted molar refractivity (Wildman–Crippen MR) is 71.3 cm³/mol. The van der Waals surface area contributed by atoms with Gasteiger partial charge in [-0.25, -0.2) is 4.98 Å². The van der Waals surface area contributed by atoms with Crippen molar-refractivity contribution in [2.75, 3.05) is 0 Å². The Balaban J connectivity index is 1.58. The summed E-state index contributed by atoms with van der Waals surface area (Å²) in [6.45, 7) is 1.04. The molecule has 0 saturated heterocycles. The Hall–Kier alpha value is -2.54. The van der Waals surface area contributed by atoms with Crippen molar-refractivity contribution in [3.05, 3.63) is 48.4 Å². The van der Waals surface area contributed by atoms with Crippen LogP contribution >= 0.6 is 0 Å². The Bertz CT molecular complexity index is 675. The molecular formula is C13H14N6O. The minimum atomic E-state index is 0.484. The summed E-state index contributed by atoms with van der Waals surface area (Å²) in [6.07, 6.45) is 1.66. The monoisotopic (exact) mass is 270 g/mol. The van der Waals surface area contributed by atoms with Crippen molar-refractivity contribution in [3.63, 3.8) is 0 Å². The van der Waals surface area contributed by atoms with Crippen LogP contribution in [0.5, 0.6) is 0 Å². The van der Waals surface area contributed by atoms with Crippen molar-refractivity contribution in [2.45, 2.75) is 13.1 Å². The van der Waals surface area contributed by atoms with Crippen LogP contribution in [-0.4, -0.2) is 25.0 Å². The molecule has 0 radical (unpaired) electrons. The average molecular weight is 270 g/mol. The zero-order valence-electron chi connectivity index (χ0n) is 11.0. The van der Waals surface area contributed by atoms with Crippen molar-refractivity contribution < 1.29 is 4.42 Å². The van der Waals surface area contributed by atoms with E-state index in [-0.39, 0.29) is 0 Å². The Morgan fingerprint density at radius 3 is 2.75 bits per heavy atom. The van der Waals surface area contributed by atoms with Crippen LogP contribution in [0.3, 0.4) is 0 Å². The van der Waals surface area contributed by atoms with E-state index in [4.69, 9.17) is 4.42 Å². The standard InChI is InChI=1S/C13H14N6O/c1-19-9-15-11(18-19)7-14-8-12-16-17-13(20-12)10-5-3-2-4-6-10/h2-6,9,14H,7-8H2,1H3. The topological polar surface area (TPSA) is 81.7 Å². The number of aryl methyl sites for hydroxylation is 1. The molecule has 3 rings (SSSR count). The van der Waals surface area contributed by atoms with Gasteiger partial charge in [-0.05, 0) is 12.1 Å². The van der Waals surface area contributed by atoms with E-state index in [9.17, 15) is 0 Å². The predicted octanol–water partition coefficient (Wildman–Crippen LogP) is 1.15. The van der Waals surface area contributed by atoms with Crippen molar-refractivity contribution >= 4 is 0 Å². The van der Waals surface area contributed by atoms with Crippen LogP contribution in [0, 0.1) is 0 Å². The molecule has 0 unspecified atom stereocenters. The van der Waals surface area contributed by atoms with Gasteiger partial charge in [0.15, 0.2) is 5.82 Å². The number of aromatic nitrogens is 5.